The molecular formula is C13H17N5O6. The number of hydrogen-bond donors (Lipinski definition) is 4. The fraction of sp³-hybridized carbons (Fsp3) is 0.538. The van der Waals surface area contributed by atoms with Crippen molar-refractivity contribution in [3.8, 4) is 11.3 Å². The number of aryl methyl sites for hydroxylation is 1. The van der Waals surface area contributed by atoms with Gasteiger partial charge in [0.15, 0.2) is 6.23 Å². The van der Waals surface area contributed by atoms with E-state index in [2.05, 4.69) is 15.3 Å². The molecule has 0 aliphatic carbocycles. The first-order valence-corrected chi connectivity index (χ1v) is 7.34. The minimum Gasteiger partial charge on any atom is -0.394 e. The van der Waals surface area contributed by atoms with Crippen LogP contribution in [0, 0.1) is 0 Å². The van der Waals surface area contributed by atoms with Gasteiger partial charge in [-0.1, -0.05) is 5.21 Å². The second-order valence-electron chi connectivity index (χ2n) is 5.40. The van der Waals surface area contributed by atoms with Gasteiger partial charge in [0, 0.05) is 12.7 Å². The van der Waals surface area contributed by atoms with Gasteiger partial charge in [-0.05, 0) is 6.92 Å². The molecule has 1 saturated heterocycles. The molecule has 1 fully saturated rings. The fourth-order valence-corrected chi connectivity index (χ4v) is 2.54. The third-order valence-corrected chi connectivity index (χ3v) is 3.90. The largest absolute Gasteiger partial charge is 0.394 e. The molecule has 130 valence electrons. The van der Waals surface area contributed by atoms with Crippen molar-refractivity contribution in [1.29, 1.82) is 0 Å². The van der Waals surface area contributed by atoms with E-state index < -0.39 is 42.4 Å². The lowest BCUT2D eigenvalue weighted by Gasteiger charge is -2.17. The molecule has 0 radical (unpaired) electrons. The quantitative estimate of drug-likeness (QED) is 0.473. The van der Waals surface area contributed by atoms with Gasteiger partial charge >= 0.3 is 5.69 Å². The molecule has 3 rings (SSSR count). The average Bonchev–Trinajstić information content (AvgIpc) is 3.14. The summed E-state index contributed by atoms with van der Waals surface area (Å²) >= 11 is 0. The molecule has 0 bridgehead atoms. The van der Waals surface area contributed by atoms with Crippen LogP contribution in [0.3, 0.4) is 0 Å². The minimum atomic E-state index is -1.44. The van der Waals surface area contributed by atoms with Crippen LogP contribution in [0.25, 0.3) is 11.3 Å². The molecule has 1 unspecified atom stereocenters. The van der Waals surface area contributed by atoms with Gasteiger partial charge in [0.05, 0.1) is 18.4 Å². The maximum Gasteiger partial charge on any atom is 0.330 e. The molecule has 4 N–H and O–H groups in total. The van der Waals surface area contributed by atoms with Gasteiger partial charge in [0.1, 0.15) is 24.0 Å². The molecule has 0 amide bonds. The maximum atomic E-state index is 12.1. The zero-order valence-corrected chi connectivity index (χ0v) is 12.7. The summed E-state index contributed by atoms with van der Waals surface area (Å²) < 4.78 is 7.77. The monoisotopic (exact) mass is 339 g/mol. The lowest BCUT2D eigenvalue weighted by Crippen LogP contribution is -2.38. The number of H-pyrrole nitrogens is 1. The second-order valence-corrected chi connectivity index (χ2v) is 5.40. The maximum absolute atomic E-state index is 12.1. The minimum absolute atomic E-state index is 0.0621. The Morgan fingerprint density at radius 1 is 1.29 bits per heavy atom. The molecule has 3 heterocycles. The Balaban J connectivity index is 2.05. The van der Waals surface area contributed by atoms with Crippen LogP contribution in [0.1, 0.15) is 13.2 Å². The molecule has 0 aromatic carbocycles. The number of aromatic nitrogens is 5. The van der Waals surface area contributed by atoms with E-state index in [1.165, 1.54) is 17.1 Å². The van der Waals surface area contributed by atoms with Crippen molar-refractivity contribution in [1.82, 2.24) is 24.5 Å². The first-order valence-electron chi connectivity index (χ1n) is 7.34. The molecule has 1 aliphatic heterocycles. The van der Waals surface area contributed by atoms with Gasteiger partial charge in [0.25, 0.3) is 5.56 Å². The summed E-state index contributed by atoms with van der Waals surface area (Å²) in [7, 11) is 0. The lowest BCUT2D eigenvalue weighted by atomic mass is 10.1. The van der Waals surface area contributed by atoms with Crippen molar-refractivity contribution >= 4 is 0 Å². The summed E-state index contributed by atoms with van der Waals surface area (Å²) in [5, 5.41) is 36.7. The van der Waals surface area contributed by atoms with E-state index in [4.69, 9.17) is 9.84 Å². The number of hydrogen-bond acceptors (Lipinski definition) is 8. The standard InChI is InChI=1S/C13H17N5O6/c1-2-17-4-7(15-16-17)6-3-18(13(23)14-11(6)22)12-10(21)9(20)8(5-19)24-12/h3-4,8-10,12,19-21H,2,5H2,1H3,(H,14,22,23)/t8-,9?,10+,12-/m1/s1. The van der Waals surface area contributed by atoms with Crippen LogP contribution in [0.5, 0.6) is 0 Å². The van der Waals surface area contributed by atoms with Crippen molar-refractivity contribution in [3.63, 3.8) is 0 Å². The molecule has 0 saturated carbocycles. The van der Waals surface area contributed by atoms with Crippen molar-refractivity contribution in [2.24, 2.45) is 0 Å². The van der Waals surface area contributed by atoms with Crippen LogP contribution in [-0.4, -0.2) is 64.8 Å². The Labute approximate surface area is 134 Å². The Kier molecular flexibility index (Phi) is 4.32. The van der Waals surface area contributed by atoms with Gasteiger partial charge in [-0.25, -0.2) is 4.79 Å². The Morgan fingerprint density at radius 2 is 2.04 bits per heavy atom. The molecule has 11 nitrogen and oxygen atoms in total. The van der Waals surface area contributed by atoms with E-state index in [1.807, 2.05) is 6.92 Å². The van der Waals surface area contributed by atoms with E-state index in [1.54, 1.807) is 0 Å². The number of nitrogens with zero attached hydrogens (tertiary/aromatic N) is 4. The van der Waals surface area contributed by atoms with Gasteiger partial charge in [-0.3, -0.25) is 19.0 Å². The van der Waals surface area contributed by atoms with Crippen molar-refractivity contribution in [3.05, 3.63) is 33.2 Å². The number of aliphatic hydroxyl groups excluding tert-OH is 3. The highest BCUT2D eigenvalue weighted by molar-refractivity contribution is 5.54. The summed E-state index contributed by atoms with van der Waals surface area (Å²) in [6.45, 7) is 1.88. The predicted octanol–water partition coefficient (Wildman–Crippen LogP) is -2.57. The Bertz CT molecular complexity index is 842. The second kappa shape index (κ2) is 6.28. The number of nitrogens with one attached hydrogen (secondary N) is 1. The zero-order chi connectivity index (χ0) is 17.4. The Hall–Kier alpha value is -2.34. The third-order valence-electron chi connectivity index (χ3n) is 3.90. The van der Waals surface area contributed by atoms with Crippen molar-refractivity contribution < 1.29 is 20.1 Å². The first-order chi connectivity index (χ1) is 11.5. The molecule has 2 aromatic heterocycles. The molecule has 2 aromatic rings. The lowest BCUT2D eigenvalue weighted by molar-refractivity contribution is -0.0549. The fourth-order valence-electron chi connectivity index (χ4n) is 2.54. The van der Waals surface area contributed by atoms with Gasteiger partial charge in [0.2, 0.25) is 0 Å². The highest BCUT2D eigenvalue weighted by Gasteiger charge is 2.43. The number of aromatic amines is 1. The summed E-state index contributed by atoms with van der Waals surface area (Å²) in [4.78, 5) is 26.2. The zero-order valence-electron chi connectivity index (χ0n) is 12.7. The topological polar surface area (TPSA) is 155 Å². The highest BCUT2D eigenvalue weighted by Crippen LogP contribution is 2.28. The average molecular weight is 339 g/mol. The number of aliphatic hydroxyl groups is 3. The number of ether oxygens (including phenoxy) is 1. The SMILES string of the molecule is CCn1cc(-c2cn([C@@H]3O[C@H](CO)C(O)[C@@H]3O)c(=O)[nH]c2=O)nn1. The highest BCUT2D eigenvalue weighted by atomic mass is 16.6. The third kappa shape index (κ3) is 2.67. The van der Waals surface area contributed by atoms with E-state index in [9.17, 15) is 19.8 Å². The van der Waals surface area contributed by atoms with Crippen molar-refractivity contribution in [2.45, 2.75) is 38.0 Å². The van der Waals surface area contributed by atoms with Gasteiger partial charge < -0.3 is 20.1 Å². The predicted molar refractivity (Wildman–Crippen MR) is 79.0 cm³/mol. The van der Waals surface area contributed by atoms with Crippen LogP contribution in [0.4, 0.5) is 0 Å². The number of rotatable bonds is 4. The summed E-state index contributed by atoms with van der Waals surface area (Å²) in [5.74, 6) is 0. The van der Waals surface area contributed by atoms with Crippen LogP contribution < -0.4 is 11.2 Å². The van der Waals surface area contributed by atoms with Crippen LogP contribution in [0.2, 0.25) is 0 Å². The van der Waals surface area contributed by atoms with Crippen molar-refractivity contribution in [2.75, 3.05) is 6.61 Å². The normalized spacial score (nSPS) is 26.8. The van der Waals surface area contributed by atoms with E-state index in [-0.39, 0.29) is 11.3 Å². The summed E-state index contributed by atoms with van der Waals surface area (Å²) in [5.41, 5.74) is -1.17. The van der Waals surface area contributed by atoms with Gasteiger partial charge in [-0.2, -0.15) is 0 Å². The molecular weight excluding hydrogens is 322 g/mol. The van der Waals surface area contributed by atoms with E-state index in [0.717, 1.165) is 4.57 Å². The Morgan fingerprint density at radius 3 is 2.62 bits per heavy atom. The van der Waals surface area contributed by atoms with Crippen LogP contribution >= 0.6 is 0 Å². The van der Waals surface area contributed by atoms with Crippen LogP contribution in [0.15, 0.2) is 22.0 Å². The van der Waals surface area contributed by atoms with Crippen LogP contribution in [-0.2, 0) is 11.3 Å². The smallest absolute Gasteiger partial charge is 0.330 e. The summed E-state index contributed by atoms with van der Waals surface area (Å²) in [6, 6.07) is 0. The molecule has 11 heteroatoms. The molecule has 0 spiro atoms. The molecule has 1 aliphatic rings. The molecule has 24 heavy (non-hydrogen) atoms. The first kappa shape index (κ1) is 16.5. The van der Waals surface area contributed by atoms with Gasteiger partial charge in [-0.15, -0.1) is 5.10 Å². The van der Waals surface area contributed by atoms with E-state index in [0.29, 0.717) is 6.54 Å². The summed E-state index contributed by atoms with van der Waals surface area (Å²) in [6.07, 6.45) is -2.36. The molecule has 4 atom stereocenters. The van der Waals surface area contributed by atoms with E-state index >= 15 is 0 Å².